The number of aromatic nitrogens is 3. The Balaban J connectivity index is 1.85. The Bertz CT molecular complexity index is 1050. The molecule has 0 N–H and O–H groups in total. The Kier molecular flexibility index (Phi) is 3.70. The maximum absolute atomic E-state index is 13.2. The summed E-state index contributed by atoms with van der Waals surface area (Å²) in [7, 11) is 0. The van der Waals surface area contributed by atoms with E-state index in [1.807, 2.05) is 24.3 Å². The van der Waals surface area contributed by atoms with Gasteiger partial charge in [-0.3, -0.25) is 0 Å². The van der Waals surface area contributed by atoms with Gasteiger partial charge in [0.1, 0.15) is 11.5 Å². The molecule has 6 heteroatoms. The van der Waals surface area contributed by atoms with Crippen LogP contribution in [0.15, 0.2) is 72.9 Å². The Labute approximate surface area is 142 Å². The first-order chi connectivity index (χ1) is 12.2. The Hall–Kier alpha value is -3.54. The second-order valence-corrected chi connectivity index (χ2v) is 5.37. The van der Waals surface area contributed by atoms with Crippen LogP contribution in [0.4, 0.5) is 4.39 Å². The topological polar surface area (TPSA) is 62.0 Å². The predicted molar refractivity (Wildman–Crippen MR) is 90.4 cm³/mol. The molecule has 4 aromatic rings. The number of pyridine rings is 1. The minimum absolute atomic E-state index is 0.108. The molecule has 2 heterocycles. The smallest absolute Gasteiger partial charge is 0.386 e. The minimum atomic E-state index is -0.315. The van der Waals surface area contributed by atoms with Crippen LogP contribution in [0.5, 0.6) is 11.8 Å². The van der Waals surface area contributed by atoms with Crippen molar-refractivity contribution in [1.82, 2.24) is 10.2 Å². The van der Waals surface area contributed by atoms with E-state index < -0.39 is 0 Å². The average Bonchev–Trinajstić information content (AvgIpc) is 2.65. The molecule has 2 aromatic heterocycles. The number of ether oxygens (including phenoxy) is 1. The van der Waals surface area contributed by atoms with Gasteiger partial charge in [-0.15, -0.1) is 14.9 Å². The molecule has 0 fully saturated rings. The standard InChI is InChI=1S/C19H12FN3O2/c20-14-10-8-13(9-11-14)18-15-5-1-2-6-16(15)19(22-21-18)25-17-7-3-4-12-23(17)24/h1-12H. The molecule has 0 radical (unpaired) electrons. The van der Waals surface area contributed by atoms with Gasteiger partial charge in [0.2, 0.25) is 0 Å². The SMILES string of the molecule is [O-][n+]1ccccc1Oc1nnc(-c2ccc(F)cc2)c2ccccc12. The van der Waals surface area contributed by atoms with Gasteiger partial charge in [-0.25, -0.2) is 4.39 Å². The highest BCUT2D eigenvalue weighted by atomic mass is 19.1. The van der Waals surface area contributed by atoms with Crippen molar-refractivity contribution >= 4 is 10.8 Å². The van der Waals surface area contributed by atoms with Crippen LogP contribution < -0.4 is 9.47 Å². The van der Waals surface area contributed by atoms with Crippen LogP contribution in [0.3, 0.4) is 0 Å². The molecule has 0 aliphatic carbocycles. The largest absolute Gasteiger partial charge is 0.616 e. The highest BCUT2D eigenvalue weighted by molar-refractivity contribution is 5.96. The number of halogens is 1. The first-order valence-corrected chi connectivity index (χ1v) is 7.60. The lowest BCUT2D eigenvalue weighted by Gasteiger charge is -2.10. The lowest BCUT2D eigenvalue weighted by molar-refractivity contribution is -0.611. The summed E-state index contributed by atoms with van der Waals surface area (Å²) in [5.74, 6) is 0.0267. The van der Waals surface area contributed by atoms with E-state index in [2.05, 4.69) is 10.2 Å². The molecule has 2 aromatic carbocycles. The third-order valence-corrected chi connectivity index (χ3v) is 3.76. The summed E-state index contributed by atoms with van der Waals surface area (Å²) >= 11 is 0. The van der Waals surface area contributed by atoms with E-state index in [1.165, 1.54) is 18.3 Å². The first kappa shape index (κ1) is 15.0. The third-order valence-electron chi connectivity index (χ3n) is 3.76. The van der Waals surface area contributed by atoms with Crippen molar-refractivity contribution in [2.45, 2.75) is 0 Å². The first-order valence-electron chi connectivity index (χ1n) is 7.60. The summed E-state index contributed by atoms with van der Waals surface area (Å²) in [6, 6.07) is 18.4. The van der Waals surface area contributed by atoms with Gasteiger partial charge in [-0.2, -0.15) is 0 Å². The van der Waals surface area contributed by atoms with E-state index in [0.717, 1.165) is 10.9 Å². The summed E-state index contributed by atoms with van der Waals surface area (Å²) in [4.78, 5) is 0. The number of benzene rings is 2. The molecule has 25 heavy (non-hydrogen) atoms. The molecule has 0 saturated heterocycles. The van der Waals surface area contributed by atoms with Gasteiger partial charge in [0.15, 0.2) is 6.20 Å². The van der Waals surface area contributed by atoms with Gasteiger partial charge in [-0.1, -0.05) is 18.2 Å². The quantitative estimate of drug-likeness (QED) is 0.422. The second kappa shape index (κ2) is 6.16. The van der Waals surface area contributed by atoms with E-state index in [1.54, 1.807) is 30.3 Å². The van der Waals surface area contributed by atoms with Gasteiger partial charge in [0.05, 0.1) is 6.07 Å². The lowest BCUT2D eigenvalue weighted by atomic mass is 10.1. The number of rotatable bonds is 3. The summed E-state index contributed by atoms with van der Waals surface area (Å²) in [5.41, 5.74) is 1.36. The Morgan fingerprint density at radius 3 is 2.32 bits per heavy atom. The molecule has 0 saturated carbocycles. The van der Waals surface area contributed by atoms with Gasteiger partial charge in [-0.05, 0) is 36.4 Å². The third kappa shape index (κ3) is 2.85. The van der Waals surface area contributed by atoms with Crippen molar-refractivity contribution in [1.29, 1.82) is 0 Å². The van der Waals surface area contributed by atoms with Gasteiger partial charge < -0.3 is 9.94 Å². The fourth-order valence-corrected chi connectivity index (χ4v) is 2.57. The van der Waals surface area contributed by atoms with Crippen LogP contribution >= 0.6 is 0 Å². The van der Waals surface area contributed by atoms with Crippen molar-refractivity contribution in [3.05, 3.63) is 84.0 Å². The van der Waals surface area contributed by atoms with Gasteiger partial charge in [0.25, 0.3) is 5.88 Å². The average molecular weight is 333 g/mol. The van der Waals surface area contributed by atoms with E-state index in [4.69, 9.17) is 4.74 Å². The van der Waals surface area contributed by atoms with Crippen molar-refractivity contribution in [3.63, 3.8) is 0 Å². The number of nitrogens with zero attached hydrogens (tertiary/aromatic N) is 3. The van der Waals surface area contributed by atoms with Crippen molar-refractivity contribution in [3.8, 4) is 23.0 Å². The molecular formula is C19H12FN3O2. The molecule has 5 nitrogen and oxygen atoms in total. The predicted octanol–water partition coefficient (Wildman–Crippen LogP) is 3.86. The summed E-state index contributed by atoms with van der Waals surface area (Å²) < 4.78 is 19.4. The highest BCUT2D eigenvalue weighted by Gasteiger charge is 2.15. The maximum Gasteiger partial charge on any atom is 0.386 e. The van der Waals surface area contributed by atoms with E-state index in [9.17, 15) is 9.60 Å². The van der Waals surface area contributed by atoms with Gasteiger partial charge >= 0.3 is 5.88 Å². The van der Waals surface area contributed by atoms with E-state index in [-0.39, 0.29) is 17.6 Å². The molecule has 0 bridgehead atoms. The molecular weight excluding hydrogens is 321 g/mol. The summed E-state index contributed by atoms with van der Waals surface area (Å²) in [6.45, 7) is 0. The number of hydrogen-bond acceptors (Lipinski definition) is 4. The van der Waals surface area contributed by atoms with E-state index in [0.29, 0.717) is 15.8 Å². The number of hydrogen-bond donors (Lipinski definition) is 0. The van der Waals surface area contributed by atoms with Crippen LogP contribution in [-0.4, -0.2) is 10.2 Å². The van der Waals surface area contributed by atoms with Gasteiger partial charge in [0, 0.05) is 22.4 Å². The monoisotopic (exact) mass is 333 g/mol. The molecule has 4 rings (SSSR count). The zero-order valence-corrected chi connectivity index (χ0v) is 13.0. The number of fused-ring (bicyclic) bond motifs is 1. The normalized spacial score (nSPS) is 10.8. The molecule has 0 aliphatic heterocycles. The Morgan fingerprint density at radius 1 is 0.840 bits per heavy atom. The van der Waals surface area contributed by atoms with Crippen LogP contribution in [0.25, 0.3) is 22.0 Å². The highest BCUT2D eigenvalue weighted by Crippen LogP contribution is 2.32. The van der Waals surface area contributed by atoms with Crippen molar-refractivity contribution in [2.24, 2.45) is 0 Å². The van der Waals surface area contributed by atoms with Crippen LogP contribution in [0.2, 0.25) is 0 Å². The fraction of sp³-hybridized carbons (Fsp3) is 0. The van der Waals surface area contributed by atoms with Crippen LogP contribution in [0.1, 0.15) is 0 Å². The molecule has 0 spiro atoms. The summed E-state index contributed by atoms with van der Waals surface area (Å²) in [6.07, 6.45) is 1.35. The zero-order chi connectivity index (χ0) is 17.2. The zero-order valence-electron chi connectivity index (χ0n) is 13.0. The Morgan fingerprint density at radius 2 is 1.56 bits per heavy atom. The maximum atomic E-state index is 13.2. The fourth-order valence-electron chi connectivity index (χ4n) is 2.57. The molecule has 0 unspecified atom stereocenters. The second-order valence-electron chi connectivity index (χ2n) is 5.37. The molecule has 0 atom stereocenters. The van der Waals surface area contributed by atoms with E-state index >= 15 is 0 Å². The van der Waals surface area contributed by atoms with Crippen LogP contribution in [-0.2, 0) is 0 Å². The van der Waals surface area contributed by atoms with Crippen molar-refractivity contribution in [2.75, 3.05) is 0 Å². The van der Waals surface area contributed by atoms with Crippen LogP contribution in [0, 0.1) is 11.0 Å². The van der Waals surface area contributed by atoms with Crippen molar-refractivity contribution < 1.29 is 13.9 Å². The molecule has 0 amide bonds. The molecule has 122 valence electrons. The lowest BCUT2D eigenvalue weighted by Crippen LogP contribution is -2.27. The summed E-state index contributed by atoms with van der Waals surface area (Å²) in [5, 5.41) is 21.6. The minimum Gasteiger partial charge on any atom is -0.616 e. The molecule has 0 aliphatic rings.